The third kappa shape index (κ3) is 3.90. The zero-order valence-electron chi connectivity index (χ0n) is 14.9. The van der Waals surface area contributed by atoms with Crippen molar-refractivity contribution in [1.29, 1.82) is 0 Å². The Kier molecular flexibility index (Phi) is 5.37. The molecule has 0 radical (unpaired) electrons. The smallest absolute Gasteiger partial charge is 0.329 e. The van der Waals surface area contributed by atoms with E-state index in [1.165, 1.54) is 26.2 Å². The summed E-state index contributed by atoms with van der Waals surface area (Å²) in [5.41, 5.74) is 1.01. The lowest BCUT2D eigenvalue weighted by molar-refractivity contribution is -0.133. The van der Waals surface area contributed by atoms with E-state index in [1.807, 2.05) is 0 Å². The number of hydrogen-bond acceptors (Lipinski definition) is 6. The van der Waals surface area contributed by atoms with E-state index >= 15 is 0 Å². The SMILES string of the molecule is COc1ccc(OC)c(/C=C2\Oc3cc(OC(=O)C(C)Cl)ccc3C2=O)c1. The van der Waals surface area contributed by atoms with Gasteiger partial charge in [0.25, 0.3) is 0 Å². The summed E-state index contributed by atoms with van der Waals surface area (Å²) in [6.07, 6.45) is 1.58. The van der Waals surface area contributed by atoms with E-state index in [9.17, 15) is 9.59 Å². The molecule has 0 bridgehead atoms. The van der Waals surface area contributed by atoms with E-state index in [0.29, 0.717) is 28.4 Å². The first kappa shape index (κ1) is 18.8. The van der Waals surface area contributed by atoms with Gasteiger partial charge in [0.05, 0.1) is 19.8 Å². The lowest BCUT2D eigenvalue weighted by Crippen LogP contribution is -2.17. The first-order valence-electron chi connectivity index (χ1n) is 8.09. The van der Waals surface area contributed by atoms with Crippen LogP contribution in [0.2, 0.25) is 0 Å². The molecule has 0 spiro atoms. The molecular formula is C20H17ClO6. The van der Waals surface area contributed by atoms with Gasteiger partial charge in [0.2, 0.25) is 5.78 Å². The number of esters is 1. The average molecular weight is 389 g/mol. The molecule has 0 N–H and O–H groups in total. The number of ether oxygens (including phenoxy) is 4. The minimum Gasteiger partial charge on any atom is -0.497 e. The van der Waals surface area contributed by atoms with E-state index in [-0.39, 0.29) is 17.3 Å². The maximum atomic E-state index is 12.6. The Morgan fingerprint density at radius 1 is 1.11 bits per heavy atom. The molecule has 2 aromatic rings. The van der Waals surface area contributed by atoms with E-state index in [4.69, 9.17) is 30.5 Å². The number of allylic oxidation sites excluding steroid dienone is 1. The van der Waals surface area contributed by atoms with Gasteiger partial charge in [-0.3, -0.25) is 9.59 Å². The molecule has 3 rings (SSSR count). The summed E-state index contributed by atoms with van der Waals surface area (Å²) < 4.78 is 21.3. The molecule has 0 saturated heterocycles. The second-order valence-corrected chi connectivity index (χ2v) is 6.40. The van der Waals surface area contributed by atoms with Crippen LogP contribution in [0.15, 0.2) is 42.2 Å². The largest absolute Gasteiger partial charge is 0.497 e. The summed E-state index contributed by atoms with van der Waals surface area (Å²) in [5.74, 6) is 1.01. The van der Waals surface area contributed by atoms with E-state index in [1.54, 1.807) is 37.5 Å². The van der Waals surface area contributed by atoms with Crippen molar-refractivity contribution in [3.63, 3.8) is 0 Å². The van der Waals surface area contributed by atoms with Crippen LogP contribution in [0.4, 0.5) is 0 Å². The van der Waals surface area contributed by atoms with E-state index < -0.39 is 11.3 Å². The highest BCUT2D eigenvalue weighted by Crippen LogP contribution is 2.36. The summed E-state index contributed by atoms with van der Waals surface area (Å²) in [5, 5.41) is -0.781. The number of carbonyl (C=O) groups is 2. The Bertz CT molecular complexity index is 932. The van der Waals surface area contributed by atoms with E-state index in [0.717, 1.165) is 0 Å². The van der Waals surface area contributed by atoms with Gasteiger partial charge in [0.1, 0.15) is 28.4 Å². The summed E-state index contributed by atoms with van der Waals surface area (Å²) in [6.45, 7) is 1.51. The number of alkyl halides is 1. The molecular weight excluding hydrogens is 372 g/mol. The molecule has 1 heterocycles. The minimum absolute atomic E-state index is 0.130. The molecule has 7 heteroatoms. The second-order valence-electron chi connectivity index (χ2n) is 5.74. The van der Waals surface area contributed by atoms with Gasteiger partial charge in [0.15, 0.2) is 5.76 Å². The number of halogens is 1. The molecule has 27 heavy (non-hydrogen) atoms. The van der Waals surface area contributed by atoms with Gasteiger partial charge in [-0.15, -0.1) is 11.6 Å². The zero-order valence-corrected chi connectivity index (χ0v) is 15.7. The van der Waals surface area contributed by atoms with Gasteiger partial charge in [-0.2, -0.15) is 0 Å². The molecule has 0 saturated carbocycles. The maximum Gasteiger partial charge on any atom is 0.329 e. The molecule has 2 aromatic carbocycles. The molecule has 0 fully saturated rings. The number of carbonyl (C=O) groups excluding carboxylic acids is 2. The van der Waals surface area contributed by atoms with Crippen molar-refractivity contribution < 1.29 is 28.5 Å². The average Bonchev–Trinajstić information content (AvgIpc) is 2.96. The molecule has 1 aliphatic heterocycles. The molecule has 6 nitrogen and oxygen atoms in total. The Morgan fingerprint density at radius 3 is 2.52 bits per heavy atom. The Morgan fingerprint density at radius 2 is 1.85 bits per heavy atom. The van der Waals surface area contributed by atoms with Crippen LogP contribution in [0.5, 0.6) is 23.0 Å². The lowest BCUT2D eigenvalue weighted by atomic mass is 10.1. The number of rotatable bonds is 5. The molecule has 0 aromatic heterocycles. The number of fused-ring (bicyclic) bond motifs is 1. The zero-order chi connectivity index (χ0) is 19.6. The van der Waals surface area contributed by atoms with E-state index in [2.05, 4.69) is 0 Å². The second kappa shape index (κ2) is 7.72. The summed E-state index contributed by atoms with van der Waals surface area (Å²) in [6, 6.07) is 9.78. The monoisotopic (exact) mass is 388 g/mol. The first-order valence-corrected chi connectivity index (χ1v) is 8.52. The first-order chi connectivity index (χ1) is 12.9. The maximum absolute atomic E-state index is 12.6. The fraction of sp³-hybridized carbons (Fsp3) is 0.200. The predicted octanol–water partition coefficient (Wildman–Crippen LogP) is 3.85. The molecule has 1 unspecified atom stereocenters. The Hall–Kier alpha value is -2.99. The van der Waals surface area contributed by atoms with Crippen molar-refractivity contribution in [2.24, 2.45) is 0 Å². The van der Waals surface area contributed by atoms with Crippen LogP contribution in [-0.2, 0) is 4.79 Å². The third-order valence-electron chi connectivity index (χ3n) is 3.91. The fourth-order valence-electron chi connectivity index (χ4n) is 2.52. The molecule has 1 atom stereocenters. The van der Waals surface area contributed by atoms with Crippen LogP contribution in [-0.4, -0.2) is 31.3 Å². The van der Waals surface area contributed by atoms with Gasteiger partial charge >= 0.3 is 5.97 Å². The number of Topliss-reactive ketones (excluding diaryl/α,β-unsaturated/α-hetero) is 1. The number of hydrogen-bond donors (Lipinski definition) is 0. The molecule has 0 aliphatic carbocycles. The molecule has 140 valence electrons. The van der Waals surface area contributed by atoms with Crippen molar-refractivity contribution in [3.05, 3.63) is 53.3 Å². The quantitative estimate of drug-likeness (QED) is 0.335. The predicted molar refractivity (Wildman–Crippen MR) is 99.9 cm³/mol. The number of ketones is 1. The number of benzene rings is 2. The third-order valence-corrected chi connectivity index (χ3v) is 4.09. The Balaban J connectivity index is 1.90. The highest BCUT2D eigenvalue weighted by atomic mass is 35.5. The highest BCUT2D eigenvalue weighted by molar-refractivity contribution is 6.29. The normalized spacial score (nSPS) is 15.1. The van der Waals surface area contributed by atoms with Crippen molar-refractivity contribution in [3.8, 4) is 23.0 Å². The van der Waals surface area contributed by atoms with Gasteiger partial charge in [0, 0.05) is 11.6 Å². The number of methoxy groups -OCH3 is 2. The van der Waals surface area contributed by atoms with Gasteiger partial charge in [-0.25, -0.2) is 0 Å². The van der Waals surface area contributed by atoms with Gasteiger partial charge in [-0.05, 0) is 43.3 Å². The standard InChI is InChI=1S/C20H17ClO6/c1-11(21)20(23)26-14-4-6-15-17(10-14)27-18(19(15)22)9-12-8-13(24-2)5-7-16(12)25-3/h4-11H,1-3H3/b18-9-. The minimum atomic E-state index is -0.781. The van der Waals surface area contributed by atoms with Gasteiger partial charge in [-0.1, -0.05) is 0 Å². The summed E-state index contributed by atoms with van der Waals surface area (Å²) in [7, 11) is 3.09. The lowest BCUT2D eigenvalue weighted by Gasteiger charge is -2.08. The summed E-state index contributed by atoms with van der Waals surface area (Å²) in [4.78, 5) is 24.2. The molecule has 1 aliphatic rings. The van der Waals surface area contributed by atoms with Crippen LogP contribution in [0.25, 0.3) is 6.08 Å². The van der Waals surface area contributed by atoms with Crippen molar-refractivity contribution in [2.75, 3.05) is 14.2 Å². The van der Waals surface area contributed by atoms with Crippen molar-refractivity contribution >= 4 is 29.4 Å². The van der Waals surface area contributed by atoms with Crippen LogP contribution in [0.1, 0.15) is 22.8 Å². The van der Waals surface area contributed by atoms with Crippen molar-refractivity contribution in [1.82, 2.24) is 0 Å². The van der Waals surface area contributed by atoms with Crippen LogP contribution in [0.3, 0.4) is 0 Å². The van der Waals surface area contributed by atoms with Crippen LogP contribution < -0.4 is 18.9 Å². The van der Waals surface area contributed by atoms with Crippen LogP contribution in [0, 0.1) is 0 Å². The summed E-state index contributed by atoms with van der Waals surface area (Å²) >= 11 is 5.69. The van der Waals surface area contributed by atoms with Gasteiger partial charge < -0.3 is 18.9 Å². The molecule has 0 amide bonds. The van der Waals surface area contributed by atoms with Crippen LogP contribution >= 0.6 is 11.6 Å². The Labute approximate surface area is 161 Å². The topological polar surface area (TPSA) is 71.1 Å². The van der Waals surface area contributed by atoms with Crippen molar-refractivity contribution in [2.45, 2.75) is 12.3 Å². The highest BCUT2D eigenvalue weighted by Gasteiger charge is 2.28. The fourth-order valence-corrected chi connectivity index (χ4v) is 2.57.